The van der Waals surface area contributed by atoms with Gasteiger partial charge in [0.15, 0.2) is 0 Å². The third-order valence-corrected chi connectivity index (χ3v) is 3.81. The maximum Gasteiger partial charge on any atom is 0.119 e. The number of hydrogen-bond donors (Lipinski definition) is 1. The van der Waals surface area contributed by atoms with Crippen LogP contribution in [-0.4, -0.2) is 19.4 Å². The smallest absolute Gasteiger partial charge is 0.119 e. The van der Waals surface area contributed by atoms with E-state index in [1.807, 2.05) is 17.8 Å². The van der Waals surface area contributed by atoms with Crippen LogP contribution in [-0.2, 0) is 5.75 Å². The summed E-state index contributed by atoms with van der Waals surface area (Å²) in [5, 5.41) is 3.52. The highest BCUT2D eigenvalue weighted by atomic mass is 32.2. The normalized spacial score (nSPS) is 19.7. The zero-order chi connectivity index (χ0) is 10.7. The molecule has 1 N–H and O–H groups in total. The Morgan fingerprint density at radius 2 is 2.40 bits per heavy atom. The second kappa shape index (κ2) is 4.90. The van der Waals surface area contributed by atoms with Gasteiger partial charge < -0.3 is 10.1 Å². The molecule has 1 unspecified atom stereocenters. The van der Waals surface area contributed by atoms with Gasteiger partial charge in [-0.05, 0) is 29.8 Å². The third kappa shape index (κ3) is 2.29. The molecule has 1 heterocycles. The molecule has 1 aromatic rings. The maximum atomic E-state index is 5.27. The minimum Gasteiger partial charge on any atom is -0.497 e. The van der Waals surface area contributed by atoms with Crippen molar-refractivity contribution in [3.05, 3.63) is 29.3 Å². The number of benzene rings is 1. The number of nitrogens with one attached hydrogen (secondary N) is 1. The molecular weight excluding hydrogens is 206 g/mol. The van der Waals surface area contributed by atoms with E-state index in [4.69, 9.17) is 4.74 Å². The minimum atomic E-state index is 0.485. The summed E-state index contributed by atoms with van der Waals surface area (Å²) in [5.74, 6) is 3.25. The Morgan fingerprint density at radius 3 is 3.13 bits per heavy atom. The van der Waals surface area contributed by atoms with E-state index in [0.29, 0.717) is 6.04 Å². The predicted octanol–water partition coefficient (Wildman–Crippen LogP) is 2.59. The van der Waals surface area contributed by atoms with E-state index in [2.05, 4.69) is 24.4 Å². The standard InChI is InChI=1S/C12H17NOS/c1-3-13-12-8-15-7-9-4-5-10(14-2)6-11(9)12/h4-6,12-13H,3,7-8H2,1-2H3. The maximum absolute atomic E-state index is 5.27. The largest absolute Gasteiger partial charge is 0.497 e. The zero-order valence-corrected chi connectivity index (χ0v) is 10.1. The first-order chi connectivity index (χ1) is 7.35. The first-order valence-corrected chi connectivity index (χ1v) is 6.48. The molecule has 1 atom stereocenters. The summed E-state index contributed by atoms with van der Waals surface area (Å²) < 4.78 is 5.27. The van der Waals surface area contributed by atoms with Crippen LogP contribution in [0.25, 0.3) is 0 Å². The van der Waals surface area contributed by atoms with E-state index >= 15 is 0 Å². The zero-order valence-electron chi connectivity index (χ0n) is 9.25. The molecule has 1 aliphatic rings. The van der Waals surface area contributed by atoms with Crippen LogP contribution in [0.4, 0.5) is 0 Å². The molecule has 0 saturated carbocycles. The number of methoxy groups -OCH3 is 1. The van der Waals surface area contributed by atoms with Gasteiger partial charge >= 0.3 is 0 Å². The van der Waals surface area contributed by atoms with E-state index in [0.717, 1.165) is 23.8 Å². The number of fused-ring (bicyclic) bond motifs is 1. The minimum absolute atomic E-state index is 0.485. The summed E-state index contributed by atoms with van der Waals surface area (Å²) in [6, 6.07) is 6.89. The molecule has 0 aliphatic carbocycles. The first kappa shape index (κ1) is 10.8. The Balaban J connectivity index is 2.30. The van der Waals surface area contributed by atoms with Crippen LogP contribution < -0.4 is 10.1 Å². The molecule has 2 nitrogen and oxygen atoms in total. The summed E-state index contributed by atoms with van der Waals surface area (Å²) >= 11 is 2.00. The average molecular weight is 223 g/mol. The Kier molecular flexibility index (Phi) is 3.54. The van der Waals surface area contributed by atoms with Crippen molar-refractivity contribution in [2.45, 2.75) is 18.7 Å². The van der Waals surface area contributed by atoms with Crippen molar-refractivity contribution in [3.63, 3.8) is 0 Å². The summed E-state index contributed by atoms with van der Waals surface area (Å²) in [4.78, 5) is 0. The van der Waals surface area contributed by atoms with Gasteiger partial charge in [0, 0.05) is 17.5 Å². The number of rotatable bonds is 3. The van der Waals surface area contributed by atoms with Gasteiger partial charge in [-0.15, -0.1) is 0 Å². The Morgan fingerprint density at radius 1 is 1.53 bits per heavy atom. The van der Waals surface area contributed by atoms with Crippen molar-refractivity contribution in [2.75, 3.05) is 19.4 Å². The summed E-state index contributed by atoms with van der Waals surface area (Å²) in [7, 11) is 1.72. The van der Waals surface area contributed by atoms with Crippen LogP contribution in [0.3, 0.4) is 0 Å². The van der Waals surface area contributed by atoms with Gasteiger partial charge in [-0.25, -0.2) is 0 Å². The van der Waals surface area contributed by atoms with Crippen molar-refractivity contribution in [1.29, 1.82) is 0 Å². The molecule has 2 rings (SSSR count). The lowest BCUT2D eigenvalue weighted by Gasteiger charge is -2.26. The molecule has 3 heteroatoms. The monoisotopic (exact) mass is 223 g/mol. The molecule has 15 heavy (non-hydrogen) atoms. The van der Waals surface area contributed by atoms with Crippen LogP contribution in [0, 0.1) is 0 Å². The van der Waals surface area contributed by atoms with Crippen LogP contribution in [0.2, 0.25) is 0 Å². The Hall–Kier alpha value is -0.670. The van der Waals surface area contributed by atoms with E-state index < -0.39 is 0 Å². The first-order valence-electron chi connectivity index (χ1n) is 5.33. The lowest BCUT2D eigenvalue weighted by atomic mass is 10.0. The molecule has 1 aromatic carbocycles. The van der Waals surface area contributed by atoms with Crippen molar-refractivity contribution in [2.24, 2.45) is 0 Å². The van der Waals surface area contributed by atoms with Gasteiger partial charge in [0.2, 0.25) is 0 Å². The van der Waals surface area contributed by atoms with E-state index in [-0.39, 0.29) is 0 Å². The summed E-state index contributed by atoms with van der Waals surface area (Å²) in [5.41, 5.74) is 2.85. The fourth-order valence-corrected chi connectivity index (χ4v) is 3.08. The molecule has 1 aliphatic heterocycles. The number of ether oxygens (including phenoxy) is 1. The highest BCUT2D eigenvalue weighted by Crippen LogP contribution is 2.33. The van der Waals surface area contributed by atoms with Crippen molar-refractivity contribution < 1.29 is 4.74 Å². The highest BCUT2D eigenvalue weighted by Gasteiger charge is 2.19. The molecule has 0 saturated heterocycles. The van der Waals surface area contributed by atoms with Gasteiger partial charge in [-0.3, -0.25) is 0 Å². The van der Waals surface area contributed by atoms with Gasteiger partial charge in [0.05, 0.1) is 7.11 Å². The summed E-state index contributed by atoms with van der Waals surface area (Å²) in [6.45, 7) is 3.17. The highest BCUT2D eigenvalue weighted by molar-refractivity contribution is 7.98. The summed E-state index contributed by atoms with van der Waals surface area (Å²) in [6.07, 6.45) is 0. The quantitative estimate of drug-likeness (QED) is 0.851. The van der Waals surface area contributed by atoms with Crippen molar-refractivity contribution >= 4 is 11.8 Å². The van der Waals surface area contributed by atoms with Crippen LogP contribution in [0.15, 0.2) is 18.2 Å². The fraction of sp³-hybridized carbons (Fsp3) is 0.500. The van der Waals surface area contributed by atoms with Crippen LogP contribution in [0.5, 0.6) is 5.75 Å². The molecule has 0 aromatic heterocycles. The SMILES string of the molecule is CCNC1CSCc2ccc(OC)cc21. The Labute approximate surface area is 95.4 Å². The molecule has 0 fully saturated rings. The van der Waals surface area contributed by atoms with Crippen LogP contribution in [0.1, 0.15) is 24.1 Å². The van der Waals surface area contributed by atoms with Gasteiger partial charge in [-0.1, -0.05) is 13.0 Å². The molecule has 0 bridgehead atoms. The molecular formula is C12H17NOS. The lowest BCUT2D eigenvalue weighted by Crippen LogP contribution is -2.26. The molecule has 0 amide bonds. The Bertz CT molecular complexity index is 340. The second-order valence-electron chi connectivity index (χ2n) is 3.69. The predicted molar refractivity (Wildman–Crippen MR) is 65.6 cm³/mol. The number of hydrogen-bond acceptors (Lipinski definition) is 3. The fourth-order valence-electron chi connectivity index (χ4n) is 1.95. The van der Waals surface area contributed by atoms with Crippen molar-refractivity contribution in [3.8, 4) is 5.75 Å². The van der Waals surface area contributed by atoms with Gasteiger partial charge in [0.25, 0.3) is 0 Å². The van der Waals surface area contributed by atoms with Crippen molar-refractivity contribution in [1.82, 2.24) is 5.32 Å². The topological polar surface area (TPSA) is 21.3 Å². The average Bonchev–Trinajstić information content (AvgIpc) is 2.29. The second-order valence-corrected chi connectivity index (χ2v) is 4.72. The number of thioether (sulfide) groups is 1. The lowest BCUT2D eigenvalue weighted by molar-refractivity contribution is 0.413. The third-order valence-electron chi connectivity index (χ3n) is 2.72. The molecule has 0 radical (unpaired) electrons. The molecule has 82 valence electrons. The molecule has 0 spiro atoms. The van der Waals surface area contributed by atoms with E-state index in [9.17, 15) is 0 Å². The van der Waals surface area contributed by atoms with E-state index in [1.54, 1.807) is 7.11 Å². The van der Waals surface area contributed by atoms with Gasteiger partial charge in [-0.2, -0.15) is 11.8 Å². The van der Waals surface area contributed by atoms with Gasteiger partial charge in [0.1, 0.15) is 5.75 Å². The van der Waals surface area contributed by atoms with Crippen LogP contribution >= 0.6 is 11.8 Å². The van der Waals surface area contributed by atoms with E-state index in [1.165, 1.54) is 11.1 Å².